The summed E-state index contributed by atoms with van der Waals surface area (Å²) in [4.78, 5) is 9.58. The van der Waals surface area contributed by atoms with Gasteiger partial charge < -0.3 is 20.1 Å². The van der Waals surface area contributed by atoms with Crippen LogP contribution in [0.5, 0.6) is 0 Å². The number of aliphatic hydroxyl groups is 1. The van der Waals surface area contributed by atoms with E-state index in [1.807, 2.05) is 6.92 Å². The zero-order valence-electron chi connectivity index (χ0n) is 14.1. The lowest BCUT2D eigenvalue weighted by Gasteiger charge is -2.29. The van der Waals surface area contributed by atoms with Gasteiger partial charge in [0.15, 0.2) is 5.96 Å². The normalized spacial score (nSPS) is 25.5. The highest BCUT2D eigenvalue weighted by molar-refractivity contribution is 5.80. The Labute approximate surface area is 134 Å². The fourth-order valence-corrected chi connectivity index (χ4v) is 3.05. The average Bonchev–Trinajstić information content (AvgIpc) is 3.00. The molecule has 2 N–H and O–H groups in total. The first kappa shape index (κ1) is 17.5. The third-order valence-electron chi connectivity index (χ3n) is 4.40. The molecule has 0 spiro atoms. The Morgan fingerprint density at radius 1 is 1.36 bits per heavy atom. The molecule has 0 saturated carbocycles. The molecule has 0 aromatic rings. The van der Waals surface area contributed by atoms with Gasteiger partial charge >= 0.3 is 0 Å². The first-order valence-corrected chi connectivity index (χ1v) is 8.67. The van der Waals surface area contributed by atoms with Crippen molar-refractivity contribution in [1.29, 1.82) is 0 Å². The van der Waals surface area contributed by atoms with Crippen LogP contribution >= 0.6 is 0 Å². The van der Waals surface area contributed by atoms with Crippen LogP contribution in [-0.4, -0.2) is 86.5 Å². The van der Waals surface area contributed by atoms with Gasteiger partial charge in [0.05, 0.1) is 13.2 Å². The molecule has 2 heterocycles. The van der Waals surface area contributed by atoms with Crippen molar-refractivity contribution in [2.75, 3.05) is 65.6 Å². The van der Waals surface area contributed by atoms with Crippen molar-refractivity contribution >= 4 is 5.96 Å². The van der Waals surface area contributed by atoms with Crippen LogP contribution in [0.4, 0.5) is 0 Å². The van der Waals surface area contributed by atoms with Crippen molar-refractivity contribution in [2.24, 2.45) is 16.8 Å². The van der Waals surface area contributed by atoms with Crippen molar-refractivity contribution in [2.45, 2.75) is 20.3 Å². The van der Waals surface area contributed by atoms with E-state index < -0.39 is 0 Å². The summed E-state index contributed by atoms with van der Waals surface area (Å²) in [5, 5.41) is 12.5. The highest BCUT2D eigenvalue weighted by Crippen LogP contribution is 2.18. The monoisotopic (exact) mass is 312 g/mol. The topological polar surface area (TPSA) is 60.3 Å². The summed E-state index contributed by atoms with van der Waals surface area (Å²) in [5.41, 5.74) is 0. The molecule has 6 nitrogen and oxygen atoms in total. The summed E-state index contributed by atoms with van der Waals surface area (Å²) in [5.74, 6) is 1.95. The molecule has 128 valence electrons. The molecule has 2 aliphatic rings. The molecular formula is C16H32N4O2. The summed E-state index contributed by atoms with van der Waals surface area (Å²) in [6, 6.07) is 0. The zero-order valence-corrected chi connectivity index (χ0v) is 14.1. The van der Waals surface area contributed by atoms with Crippen LogP contribution in [0.1, 0.15) is 20.3 Å². The van der Waals surface area contributed by atoms with E-state index in [4.69, 9.17) is 9.84 Å². The number of nitrogens with zero attached hydrogens (tertiary/aromatic N) is 3. The van der Waals surface area contributed by atoms with Gasteiger partial charge in [-0.05, 0) is 25.2 Å². The molecule has 0 radical (unpaired) electrons. The maximum Gasteiger partial charge on any atom is 0.193 e. The van der Waals surface area contributed by atoms with E-state index >= 15 is 0 Å². The number of guanidine groups is 1. The molecule has 0 aromatic carbocycles. The van der Waals surface area contributed by atoms with Crippen LogP contribution in [0.2, 0.25) is 0 Å². The van der Waals surface area contributed by atoms with Gasteiger partial charge in [0.2, 0.25) is 0 Å². The van der Waals surface area contributed by atoms with Gasteiger partial charge in [-0.3, -0.25) is 9.89 Å². The second-order valence-electron chi connectivity index (χ2n) is 6.50. The number of morpholine rings is 1. The second-order valence-corrected chi connectivity index (χ2v) is 6.50. The summed E-state index contributed by atoms with van der Waals surface area (Å²) in [6.07, 6.45) is 1.23. The van der Waals surface area contributed by atoms with Crippen LogP contribution in [0.3, 0.4) is 0 Å². The fraction of sp³-hybridized carbons (Fsp3) is 0.938. The van der Waals surface area contributed by atoms with Crippen molar-refractivity contribution in [1.82, 2.24) is 15.1 Å². The lowest BCUT2D eigenvalue weighted by atomic mass is 10.1. The van der Waals surface area contributed by atoms with E-state index in [-0.39, 0.29) is 12.5 Å². The van der Waals surface area contributed by atoms with Crippen LogP contribution < -0.4 is 5.32 Å². The molecule has 0 amide bonds. The van der Waals surface area contributed by atoms with Gasteiger partial charge in [0.25, 0.3) is 0 Å². The van der Waals surface area contributed by atoms with Crippen molar-refractivity contribution in [3.05, 3.63) is 0 Å². The second kappa shape index (κ2) is 9.33. The molecule has 2 fully saturated rings. The maximum absolute atomic E-state index is 9.15. The number of rotatable bonds is 6. The van der Waals surface area contributed by atoms with Crippen molar-refractivity contribution in [3.63, 3.8) is 0 Å². The fourth-order valence-electron chi connectivity index (χ4n) is 3.05. The number of ether oxygens (including phenoxy) is 1. The van der Waals surface area contributed by atoms with Crippen LogP contribution in [0, 0.1) is 11.8 Å². The Morgan fingerprint density at radius 3 is 2.82 bits per heavy atom. The third kappa shape index (κ3) is 5.41. The highest BCUT2D eigenvalue weighted by Gasteiger charge is 2.27. The number of likely N-dealkylation sites (tertiary alicyclic amines) is 1. The Kier molecular flexibility index (Phi) is 7.42. The standard InChI is InChI=1S/C16H32N4O2/c1-3-17-16(18-10-14(2)13-21)20-5-4-15(12-20)11-19-6-8-22-9-7-19/h14-15,21H,3-13H2,1-2H3,(H,17,18). The van der Waals surface area contributed by atoms with E-state index in [0.29, 0.717) is 6.54 Å². The minimum atomic E-state index is 0.197. The minimum absolute atomic E-state index is 0.197. The Hall–Kier alpha value is -0.850. The molecule has 2 saturated heterocycles. The molecule has 2 unspecified atom stereocenters. The van der Waals surface area contributed by atoms with Crippen LogP contribution in [0.15, 0.2) is 4.99 Å². The predicted octanol–water partition coefficient (Wildman–Crippen LogP) is 0.234. The highest BCUT2D eigenvalue weighted by atomic mass is 16.5. The predicted molar refractivity (Wildman–Crippen MR) is 89.2 cm³/mol. The summed E-state index contributed by atoms with van der Waals surface area (Å²) < 4.78 is 5.42. The lowest BCUT2D eigenvalue weighted by Crippen LogP contribution is -2.42. The van der Waals surface area contributed by atoms with Crippen LogP contribution in [0.25, 0.3) is 0 Å². The molecule has 2 aliphatic heterocycles. The summed E-state index contributed by atoms with van der Waals surface area (Å²) in [6.45, 7) is 13.1. The van der Waals surface area contributed by atoms with E-state index in [0.717, 1.165) is 57.8 Å². The summed E-state index contributed by atoms with van der Waals surface area (Å²) in [7, 11) is 0. The van der Waals surface area contributed by atoms with Gasteiger partial charge in [-0.15, -0.1) is 0 Å². The molecule has 0 bridgehead atoms. The van der Waals surface area contributed by atoms with Gasteiger partial charge in [-0.25, -0.2) is 0 Å². The number of hydrogen-bond donors (Lipinski definition) is 2. The summed E-state index contributed by atoms with van der Waals surface area (Å²) >= 11 is 0. The average molecular weight is 312 g/mol. The molecule has 22 heavy (non-hydrogen) atoms. The maximum atomic E-state index is 9.15. The quantitative estimate of drug-likeness (QED) is 0.543. The van der Waals surface area contributed by atoms with E-state index in [1.165, 1.54) is 13.0 Å². The first-order valence-electron chi connectivity index (χ1n) is 8.67. The smallest absolute Gasteiger partial charge is 0.193 e. The van der Waals surface area contributed by atoms with Crippen molar-refractivity contribution in [3.8, 4) is 0 Å². The number of aliphatic hydroxyl groups excluding tert-OH is 1. The van der Waals surface area contributed by atoms with E-state index in [1.54, 1.807) is 0 Å². The number of nitrogens with one attached hydrogen (secondary N) is 1. The van der Waals surface area contributed by atoms with Gasteiger partial charge in [0.1, 0.15) is 0 Å². The number of hydrogen-bond acceptors (Lipinski definition) is 4. The van der Waals surface area contributed by atoms with Gasteiger partial charge in [0, 0.05) is 52.4 Å². The Morgan fingerprint density at radius 2 is 2.14 bits per heavy atom. The molecule has 2 atom stereocenters. The Bertz CT molecular complexity index is 345. The molecule has 0 aromatic heterocycles. The van der Waals surface area contributed by atoms with Gasteiger partial charge in [-0.2, -0.15) is 0 Å². The molecule has 2 rings (SSSR count). The molecular weight excluding hydrogens is 280 g/mol. The molecule has 6 heteroatoms. The third-order valence-corrected chi connectivity index (χ3v) is 4.40. The minimum Gasteiger partial charge on any atom is -0.396 e. The lowest BCUT2D eigenvalue weighted by molar-refractivity contribution is 0.0315. The van der Waals surface area contributed by atoms with Gasteiger partial charge in [-0.1, -0.05) is 6.92 Å². The van der Waals surface area contributed by atoms with Crippen LogP contribution in [-0.2, 0) is 4.74 Å². The Balaban J connectivity index is 1.82. The number of aliphatic imine (C=N–C) groups is 1. The first-order chi connectivity index (χ1) is 10.7. The van der Waals surface area contributed by atoms with Crippen molar-refractivity contribution < 1.29 is 9.84 Å². The largest absolute Gasteiger partial charge is 0.396 e. The SMILES string of the molecule is CCNC(=NCC(C)CO)N1CCC(CN2CCOCC2)C1. The van der Waals surface area contributed by atoms with E-state index in [9.17, 15) is 0 Å². The zero-order chi connectivity index (χ0) is 15.8. The van der Waals surface area contributed by atoms with E-state index in [2.05, 4.69) is 27.0 Å². The molecule has 0 aliphatic carbocycles.